The third kappa shape index (κ3) is 1.81. The van der Waals surface area contributed by atoms with Crippen LogP contribution in [0.1, 0.15) is 0 Å². The summed E-state index contributed by atoms with van der Waals surface area (Å²) in [6.07, 6.45) is 3.86. The Balaban J connectivity index is 2.50. The van der Waals surface area contributed by atoms with Crippen LogP contribution in [-0.4, -0.2) is 22.6 Å². The summed E-state index contributed by atoms with van der Waals surface area (Å²) in [6.45, 7) is 0. The number of carboxylic acid groups (broad SMARTS) is 1. The molecule has 1 unspecified atom stereocenters. The number of hydrogen-bond acceptors (Lipinski definition) is 3. The highest BCUT2D eigenvalue weighted by Crippen LogP contribution is 2.31. The molecule has 0 aromatic rings. The molecule has 0 aromatic heterocycles. The Morgan fingerprint density at radius 1 is 1.31 bits per heavy atom. The molecule has 0 amide bonds. The lowest BCUT2D eigenvalue weighted by molar-refractivity contribution is -0.133. The number of aliphatic carboxylic acids is 1. The highest BCUT2D eigenvalue weighted by Gasteiger charge is 2.32. The lowest BCUT2D eigenvalue weighted by atomic mass is 9.91. The van der Waals surface area contributed by atoms with E-state index in [1.807, 2.05) is 0 Å². The summed E-state index contributed by atoms with van der Waals surface area (Å²) < 4.78 is 0. The van der Waals surface area contributed by atoms with Crippen molar-refractivity contribution in [3.63, 3.8) is 0 Å². The van der Waals surface area contributed by atoms with E-state index in [9.17, 15) is 9.59 Å². The van der Waals surface area contributed by atoms with Crippen LogP contribution in [0.2, 0.25) is 0 Å². The predicted molar refractivity (Wildman–Crippen MR) is 59.5 cm³/mol. The van der Waals surface area contributed by atoms with Gasteiger partial charge in [-0.15, -0.1) is 0 Å². The Morgan fingerprint density at radius 2 is 2.00 bits per heavy atom. The Hall–Kier alpha value is -1.39. The van der Waals surface area contributed by atoms with Crippen molar-refractivity contribution in [1.29, 1.82) is 0 Å². The number of carboxylic acids is 1. The van der Waals surface area contributed by atoms with Gasteiger partial charge in [-0.3, -0.25) is 4.79 Å². The highest BCUT2D eigenvalue weighted by molar-refractivity contribution is 6.42. The van der Waals surface area contributed by atoms with E-state index < -0.39 is 17.7 Å². The summed E-state index contributed by atoms with van der Waals surface area (Å²) >= 11 is 11.6. The van der Waals surface area contributed by atoms with Crippen molar-refractivity contribution < 1.29 is 14.7 Å². The van der Waals surface area contributed by atoms with Crippen molar-refractivity contribution in [3.8, 4) is 0 Å². The monoisotopic (exact) mass is 257 g/mol. The van der Waals surface area contributed by atoms with E-state index in [4.69, 9.17) is 28.3 Å². The van der Waals surface area contributed by atoms with Crippen molar-refractivity contribution in [3.05, 3.63) is 34.0 Å². The normalized spacial score (nSPS) is 23.9. The number of ketones is 1. The van der Waals surface area contributed by atoms with E-state index in [0.717, 1.165) is 6.08 Å². The number of hydrogen-bond donors (Lipinski definition) is 1. The number of carbonyl (C=O) groups is 2. The number of rotatable bonds is 1. The fourth-order valence-electron chi connectivity index (χ4n) is 1.50. The van der Waals surface area contributed by atoms with Gasteiger partial charge in [0.05, 0.1) is 11.6 Å². The van der Waals surface area contributed by atoms with Gasteiger partial charge in [0.25, 0.3) is 0 Å². The Morgan fingerprint density at radius 3 is 2.62 bits per heavy atom. The van der Waals surface area contributed by atoms with Crippen molar-refractivity contribution in [2.75, 3.05) is 0 Å². The van der Waals surface area contributed by atoms with Crippen LogP contribution in [0.4, 0.5) is 0 Å². The first-order valence-corrected chi connectivity index (χ1v) is 5.06. The molecule has 1 aliphatic heterocycles. The summed E-state index contributed by atoms with van der Waals surface area (Å²) in [7, 11) is 0. The zero-order valence-electron chi connectivity index (χ0n) is 7.78. The minimum Gasteiger partial charge on any atom is -0.477 e. The summed E-state index contributed by atoms with van der Waals surface area (Å²) in [5.41, 5.74) is -0.0364. The zero-order valence-corrected chi connectivity index (χ0v) is 9.29. The van der Waals surface area contributed by atoms with E-state index >= 15 is 0 Å². The van der Waals surface area contributed by atoms with Gasteiger partial charge in [-0.25, -0.2) is 9.79 Å². The van der Waals surface area contributed by atoms with Crippen LogP contribution >= 0.6 is 23.2 Å². The zero-order chi connectivity index (χ0) is 11.9. The second-order valence-electron chi connectivity index (χ2n) is 3.27. The van der Waals surface area contributed by atoms with Crippen LogP contribution < -0.4 is 0 Å². The number of fused-ring (bicyclic) bond motifs is 1. The van der Waals surface area contributed by atoms with E-state index in [1.165, 1.54) is 12.2 Å². The number of aliphatic imine (C=N–C) groups is 1. The van der Waals surface area contributed by atoms with Gasteiger partial charge in [0.1, 0.15) is 0 Å². The molecule has 1 heterocycles. The lowest BCUT2D eigenvalue weighted by Gasteiger charge is -2.21. The van der Waals surface area contributed by atoms with Gasteiger partial charge in [-0.05, 0) is 12.2 Å². The average molecular weight is 258 g/mol. The molecule has 1 aliphatic carbocycles. The molecule has 0 bridgehead atoms. The molecule has 0 radical (unpaired) electrons. The molecular formula is C10H5Cl2NO3. The average Bonchev–Trinajstić information content (AvgIpc) is 2.15. The van der Waals surface area contributed by atoms with Crippen molar-refractivity contribution in [1.82, 2.24) is 0 Å². The lowest BCUT2D eigenvalue weighted by Crippen LogP contribution is -2.28. The predicted octanol–water partition coefficient (Wildman–Crippen LogP) is 1.85. The van der Waals surface area contributed by atoms with Gasteiger partial charge in [-0.1, -0.05) is 23.2 Å². The summed E-state index contributed by atoms with van der Waals surface area (Å²) in [5.74, 6) is -2.37. The first-order valence-electron chi connectivity index (χ1n) is 4.31. The van der Waals surface area contributed by atoms with Gasteiger partial charge in [0, 0.05) is 16.1 Å². The second kappa shape index (κ2) is 3.88. The molecule has 1 atom stereocenters. The SMILES string of the molecule is O=C(O)C1=CC(=O)C2C(Cl)=CC(Cl)=CC2=N1. The van der Waals surface area contributed by atoms with E-state index in [2.05, 4.69) is 4.99 Å². The van der Waals surface area contributed by atoms with Crippen LogP contribution in [-0.2, 0) is 9.59 Å². The highest BCUT2D eigenvalue weighted by atomic mass is 35.5. The fraction of sp³-hybridized carbons (Fsp3) is 0.100. The van der Waals surface area contributed by atoms with Gasteiger partial charge < -0.3 is 5.11 Å². The minimum atomic E-state index is -1.26. The van der Waals surface area contributed by atoms with Crippen molar-refractivity contribution >= 4 is 40.7 Å². The largest absolute Gasteiger partial charge is 0.477 e. The maximum absolute atomic E-state index is 11.6. The number of halogens is 2. The Labute approximate surface area is 101 Å². The van der Waals surface area contributed by atoms with Crippen molar-refractivity contribution in [2.24, 2.45) is 10.9 Å². The summed E-state index contributed by atoms with van der Waals surface area (Å²) in [5, 5.41) is 9.32. The molecule has 16 heavy (non-hydrogen) atoms. The number of nitrogens with zero attached hydrogens (tertiary/aromatic N) is 1. The Kier molecular flexibility index (Phi) is 2.69. The maximum atomic E-state index is 11.6. The van der Waals surface area contributed by atoms with Crippen LogP contribution in [0.3, 0.4) is 0 Å². The first-order chi connectivity index (χ1) is 7.49. The van der Waals surface area contributed by atoms with Gasteiger partial charge in [0.2, 0.25) is 0 Å². The van der Waals surface area contributed by atoms with E-state index in [0.29, 0.717) is 5.03 Å². The quantitative estimate of drug-likeness (QED) is 0.780. The third-order valence-electron chi connectivity index (χ3n) is 2.17. The van der Waals surface area contributed by atoms with Crippen molar-refractivity contribution in [2.45, 2.75) is 0 Å². The second-order valence-corrected chi connectivity index (χ2v) is 4.14. The van der Waals surface area contributed by atoms with E-state index in [1.54, 1.807) is 0 Å². The van der Waals surface area contributed by atoms with Gasteiger partial charge in [-0.2, -0.15) is 0 Å². The molecule has 0 spiro atoms. The van der Waals surface area contributed by atoms with Crippen LogP contribution in [0.5, 0.6) is 0 Å². The minimum absolute atomic E-state index is 0.247. The summed E-state index contributed by atoms with van der Waals surface area (Å²) in [6, 6.07) is 0. The van der Waals surface area contributed by atoms with Gasteiger partial charge >= 0.3 is 5.97 Å². The molecule has 2 aliphatic rings. The van der Waals surface area contributed by atoms with Crippen LogP contribution in [0.25, 0.3) is 0 Å². The maximum Gasteiger partial charge on any atom is 0.354 e. The molecule has 0 saturated carbocycles. The topological polar surface area (TPSA) is 66.7 Å². The molecule has 82 valence electrons. The molecule has 2 rings (SSSR count). The molecule has 0 fully saturated rings. The van der Waals surface area contributed by atoms with Crippen LogP contribution in [0.15, 0.2) is 39.0 Å². The Bertz CT molecular complexity index is 514. The number of allylic oxidation sites excluding steroid dienone is 5. The van der Waals surface area contributed by atoms with Crippen LogP contribution in [0, 0.1) is 5.92 Å². The molecule has 6 heteroatoms. The van der Waals surface area contributed by atoms with Gasteiger partial charge in [0.15, 0.2) is 11.5 Å². The third-order valence-corrected chi connectivity index (χ3v) is 2.71. The molecule has 0 aromatic carbocycles. The molecule has 4 nitrogen and oxygen atoms in total. The first kappa shape index (κ1) is 11.1. The smallest absolute Gasteiger partial charge is 0.354 e. The molecular weight excluding hydrogens is 253 g/mol. The van der Waals surface area contributed by atoms with E-state index in [-0.39, 0.29) is 16.4 Å². The molecule has 1 N–H and O–H groups in total. The number of carbonyl (C=O) groups excluding carboxylic acids is 1. The fourth-order valence-corrected chi connectivity index (χ4v) is 2.12. The summed E-state index contributed by atoms with van der Waals surface area (Å²) in [4.78, 5) is 26.2. The standard InChI is InChI=1S/C10H5Cl2NO3/c11-4-1-5(12)9-6(2-4)13-7(10(15)16)3-8(9)14/h1-3,9H,(H,15,16). The molecule has 0 saturated heterocycles.